The van der Waals surface area contributed by atoms with E-state index in [1.165, 1.54) is 11.1 Å². The normalized spacial score (nSPS) is 11.8. The predicted octanol–water partition coefficient (Wildman–Crippen LogP) is 7.77. The largest absolute Gasteiger partial charge is 0.302 e. The average Bonchev–Trinajstić information content (AvgIpc) is 3.33. The summed E-state index contributed by atoms with van der Waals surface area (Å²) in [5.74, 6) is 0.421. The molecule has 4 nitrogen and oxygen atoms in total. The molecule has 0 N–H and O–H groups in total. The van der Waals surface area contributed by atoms with Crippen LogP contribution >= 0.6 is 11.8 Å². The van der Waals surface area contributed by atoms with Gasteiger partial charge in [-0.2, -0.15) is 5.10 Å². The molecule has 0 bridgehead atoms. The number of carbonyl (C=O) groups is 1. The summed E-state index contributed by atoms with van der Waals surface area (Å²) in [7, 11) is 2.11. The van der Waals surface area contributed by atoms with Gasteiger partial charge in [0.15, 0.2) is 0 Å². The van der Waals surface area contributed by atoms with Gasteiger partial charge in [-0.05, 0) is 39.3 Å². The van der Waals surface area contributed by atoms with Gasteiger partial charge in [0.25, 0.3) is 0 Å². The second kappa shape index (κ2) is 15.2. The van der Waals surface area contributed by atoms with Crippen LogP contribution in [-0.2, 0) is 11.3 Å². The topological polar surface area (TPSA) is 38.1 Å². The van der Waals surface area contributed by atoms with Crippen LogP contribution in [0.4, 0.5) is 0 Å². The number of nitrogens with zero attached hydrogens (tertiary/aromatic N) is 3. The van der Waals surface area contributed by atoms with Crippen molar-refractivity contribution in [3.8, 4) is 11.3 Å². The maximum Gasteiger partial charge on any atom is 0.129 e. The van der Waals surface area contributed by atoms with Gasteiger partial charge in [-0.25, -0.2) is 4.68 Å². The third kappa shape index (κ3) is 8.37. The minimum absolute atomic E-state index is 0.0243. The molecule has 0 amide bonds. The highest BCUT2D eigenvalue weighted by molar-refractivity contribution is 8.00. The van der Waals surface area contributed by atoms with E-state index in [9.17, 15) is 4.79 Å². The predicted molar refractivity (Wildman–Crippen MR) is 152 cm³/mol. The molecule has 2 aromatic carbocycles. The second-order valence-electron chi connectivity index (χ2n) is 8.17. The minimum atomic E-state index is -0.0243. The quantitative estimate of drug-likeness (QED) is 0.148. The summed E-state index contributed by atoms with van der Waals surface area (Å²) in [5, 5.41) is 4.93. The van der Waals surface area contributed by atoms with Gasteiger partial charge >= 0.3 is 0 Å². The maximum atomic E-state index is 11.3. The van der Waals surface area contributed by atoms with E-state index in [0.717, 1.165) is 48.2 Å². The molecule has 3 rings (SSSR count). The molecule has 0 saturated heterocycles. The Balaban J connectivity index is 0.00000210. The van der Waals surface area contributed by atoms with Gasteiger partial charge in [0.2, 0.25) is 0 Å². The lowest BCUT2D eigenvalue weighted by Gasteiger charge is -2.27. The molecule has 1 unspecified atom stereocenters. The van der Waals surface area contributed by atoms with Gasteiger partial charge in [0, 0.05) is 29.6 Å². The first-order chi connectivity index (χ1) is 17.0. The smallest absolute Gasteiger partial charge is 0.129 e. The molecule has 0 fully saturated rings. The molecule has 0 aliphatic heterocycles. The zero-order chi connectivity index (χ0) is 25.6. The SMILES string of the molecule is C=C(CC/C=C\C)n1cc(C(SCC=O)N(C)Cc2ccc(C)cc2)c(-c2ccccc2)n1.CC. The Hall–Kier alpha value is -2.89. The molecule has 0 radical (unpaired) electrons. The van der Waals surface area contributed by atoms with E-state index in [1.54, 1.807) is 11.8 Å². The van der Waals surface area contributed by atoms with Crippen molar-refractivity contribution in [1.82, 2.24) is 14.7 Å². The zero-order valence-electron chi connectivity index (χ0n) is 21.8. The van der Waals surface area contributed by atoms with Gasteiger partial charge in [0.05, 0.1) is 16.8 Å². The molecule has 0 saturated carbocycles. The Morgan fingerprint density at radius 2 is 1.83 bits per heavy atom. The number of allylic oxidation sites excluding steroid dienone is 3. The highest BCUT2D eigenvalue weighted by Crippen LogP contribution is 2.38. The van der Waals surface area contributed by atoms with Crippen LogP contribution in [0.15, 0.2) is 79.5 Å². The van der Waals surface area contributed by atoms with E-state index in [0.29, 0.717) is 5.75 Å². The number of aldehydes is 1. The van der Waals surface area contributed by atoms with Crippen molar-refractivity contribution >= 4 is 23.7 Å². The van der Waals surface area contributed by atoms with E-state index in [1.807, 2.05) is 43.7 Å². The fraction of sp³-hybridized carbons (Fsp3) is 0.333. The molecular weight excluding hydrogens is 450 g/mol. The maximum absolute atomic E-state index is 11.3. The number of rotatable bonds is 12. The van der Waals surface area contributed by atoms with Crippen molar-refractivity contribution in [2.75, 3.05) is 12.8 Å². The lowest BCUT2D eigenvalue weighted by molar-refractivity contribution is -0.105. The molecule has 0 aliphatic carbocycles. The summed E-state index contributed by atoms with van der Waals surface area (Å²) >= 11 is 1.62. The number of carbonyl (C=O) groups excluding carboxylic acids is 1. The number of hydrogen-bond acceptors (Lipinski definition) is 4. The lowest BCUT2D eigenvalue weighted by atomic mass is 10.1. The molecule has 0 aliphatic rings. The van der Waals surface area contributed by atoms with Crippen LogP contribution in [0.5, 0.6) is 0 Å². The first-order valence-electron chi connectivity index (χ1n) is 12.3. The van der Waals surface area contributed by atoms with Crippen molar-refractivity contribution < 1.29 is 4.79 Å². The fourth-order valence-electron chi connectivity index (χ4n) is 3.73. The van der Waals surface area contributed by atoms with Crippen LogP contribution in [0.1, 0.15) is 55.7 Å². The third-order valence-electron chi connectivity index (χ3n) is 5.49. The summed E-state index contributed by atoms with van der Waals surface area (Å²) in [6.07, 6.45) is 9.04. The van der Waals surface area contributed by atoms with Crippen LogP contribution in [-0.4, -0.2) is 33.8 Å². The Kier molecular flexibility index (Phi) is 12.3. The summed E-state index contributed by atoms with van der Waals surface area (Å²) in [6, 6.07) is 18.8. The van der Waals surface area contributed by atoms with Crippen molar-refractivity contribution in [1.29, 1.82) is 0 Å². The first-order valence-corrected chi connectivity index (χ1v) is 13.3. The minimum Gasteiger partial charge on any atom is -0.302 e. The third-order valence-corrected chi connectivity index (χ3v) is 6.75. The molecule has 5 heteroatoms. The van der Waals surface area contributed by atoms with E-state index >= 15 is 0 Å². The standard InChI is InChI=1S/C28H33N3OS.C2H6/c1-5-6-8-11-23(3)31-21-26(27(29-31)25-12-9-7-10-13-25)28(33-19-18-32)30(4)20-24-16-14-22(2)15-17-24;1-2/h5-7,9-10,12-18,21,28H,3,8,11,19-20H2,1-2,4H3;1-2H3/b6-5-;. The number of aromatic nitrogens is 2. The van der Waals surface area contributed by atoms with Crippen LogP contribution in [0.3, 0.4) is 0 Å². The molecule has 1 heterocycles. The van der Waals surface area contributed by atoms with Crippen molar-refractivity contribution in [3.05, 3.63) is 96.2 Å². The fourth-order valence-corrected chi connectivity index (χ4v) is 4.67. The van der Waals surface area contributed by atoms with Crippen molar-refractivity contribution in [2.24, 2.45) is 0 Å². The zero-order valence-corrected chi connectivity index (χ0v) is 22.6. The Morgan fingerprint density at radius 1 is 1.14 bits per heavy atom. The Morgan fingerprint density at radius 3 is 2.46 bits per heavy atom. The molecule has 1 aromatic heterocycles. The van der Waals surface area contributed by atoms with E-state index in [4.69, 9.17) is 5.10 Å². The molecule has 186 valence electrons. The van der Waals surface area contributed by atoms with Gasteiger partial charge in [-0.15, -0.1) is 11.8 Å². The van der Waals surface area contributed by atoms with Gasteiger partial charge < -0.3 is 4.79 Å². The van der Waals surface area contributed by atoms with E-state index in [-0.39, 0.29) is 5.37 Å². The molecule has 1 atom stereocenters. The Labute approximate surface area is 215 Å². The van der Waals surface area contributed by atoms with Gasteiger partial charge in [-0.3, -0.25) is 4.90 Å². The number of hydrogen-bond donors (Lipinski definition) is 0. The number of benzene rings is 2. The molecular formula is C30H39N3OS. The van der Waals surface area contributed by atoms with Gasteiger partial charge in [-0.1, -0.05) is 92.7 Å². The molecule has 35 heavy (non-hydrogen) atoms. The lowest BCUT2D eigenvalue weighted by Crippen LogP contribution is -2.22. The monoisotopic (exact) mass is 489 g/mol. The first kappa shape index (κ1) is 28.3. The summed E-state index contributed by atoms with van der Waals surface area (Å²) in [5.41, 5.74) is 6.53. The number of aryl methyl sites for hydroxylation is 1. The van der Waals surface area contributed by atoms with Crippen LogP contribution in [0, 0.1) is 6.92 Å². The van der Waals surface area contributed by atoms with Gasteiger partial charge in [0.1, 0.15) is 6.29 Å². The molecule has 3 aromatic rings. The van der Waals surface area contributed by atoms with Crippen molar-refractivity contribution in [3.63, 3.8) is 0 Å². The van der Waals surface area contributed by atoms with E-state index in [2.05, 4.69) is 80.2 Å². The summed E-state index contributed by atoms with van der Waals surface area (Å²) in [4.78, 5) is 13.6. The summed E-state index contributed by atoms with van der Waals surface area (Å²) in [6.45, 7) is 13.2. The number of thioether (sulfide) groups is 1. The van der Waals surface area contributed by atoms with Crippen molar-refractivity contribution in [2.45, 2.75) is 52.5 Å². The van der Waals surface area contributed by atoms with Crippen LogP contribution in [0.25, 0.3) is 17.0 Å². The van der Waals surface area contributed by atoms with Crippen LogP contribution in [0.2, 0.25) is 0 Å². The average molecular weight is 490 g/mol. The summed E-state index contributed by atoms with van der Waals surface area (Å²) < 4.78 is 1.91. The van der Waals surface area contributed by atoms with Crippen LogP contribution < -0.4 is 0 Å². The molecule has 0 spiro atoms. The highest BCUT2D eigenvalue weighted by atomic mass is 32.2. The van der Waals surface area contributed by atoms with E-state index < -0.39 is 0 Å². The Bertz CT molecular complexity index is 1070. The second-order valence-corrected chi connectivity index (χ2v) is 9.28. The highest BCUT2D eigenvalue weighted by Gasteiger charge is 2.25.